The van der Waals surface area contributed by atoms with Gasteiger partial charge in [0.15, 0.2) is 0 Å². The maximum Gasteiger partial charge on any atom is 0.261 e. The largest absolute Gasteiger partial charge is 0.336 e. The van der Waals surface area contributed by atoms with Crippen LogP contribution in [-0.4, -0.2) is 53.2 Å². The number of imide groups is 1. The van der Waals surface area contributed by atoms with Crippen molar-refractivity contribution in [3.05, 3.63) is 70.8 Å². The van der Waals surface area contributed by atoms with Crippen molar-refractivity contribution >= 4 is 17.7 Å². The van der Waals surface area contributed by atoms with Crippen LogP contribution >= 0.6 is 0 Å². The average molecular weight is 363 g/mol. The molecule has 0 spiro atoms. The summed E-state index contributed by atoms with van der Waals surface area (Å²) in [5.74, 6) is -0.598. The van der Waals surface area contributed by atoms with Gasteiger partial charge in [-0.15, -0.1) is 0 Å². The van der Waals surface area contributed by atoms with E-state index in [1.807, 2.05) is 11.0 Å². The van der Waals surface area contributed by atoms with E-state index in [2.05, 4.69) is 12.2 Å². The van der Waals surface area contributed by atoms with Gasteiger partial charge in [0, 0.05) is 31.2 Å². The molecular weight excluding hydrogens is 342 g/mol. The number of benzene rings is 2. The van der Waals surface area contributed by atoms with Crippen LogP contribution in [0, 0.1) is 0 Å². The molecule has 0 radical (unpaired) electrons. The van der Waals surface area contributed by atoms with Gasteiger partial charge in [0.05, 0.1) is 17.7 Å². The lowest BCUT2D eigenvalue weighted by Gasteiger charge is -2.32. The van der Waals surface area contributed by atoms with Crippen LogP contribution < -0.4 is 5.32 Å². The second-order valence-electron chi connectivity index (χ2n) is 7.05. The van der Waals surface area contributed by atoms with Crippen molar-refractivity contribution in [2.24, 2.45) is 0 Å². The zero-order valence-electron chi connectivity index (χ0n) is 15.1. The Balaban J connectivity index is 1.53. The number of rotatable bonds is 3. The summed E-state index contributed by atoms with van der Waals surface area (Å²) in [5, 5.41) is 3.32. The minimum absolute atomic E-state index is 0.0208. The Morgan fingerprint density at radius 1 is 1.07 bits per heavy atom. The van der Waals surface area contributed by atoms with E-state index in [1.54, 1.807) is 42.5 Å². The first kappa shape index (κ1) is 17.4. The van der Waals surface area contributed by atoms with Crippen molar-refractivity contribution in [2.45, 2.75) is 19.5 Å². The molecule has 3 amide bonds. The molecule has 1 unspecified atom stereocenters. The molecule has 4 rings (SSSR count). The molecule has 1 N–H and O–H groups in total. The highest BCUT2D eigenvalue weighted by molar-refractivity contribution is 6.21. The number of hydrogen-bond acceptors (Lipinski definition) is 4. The number of nitrogens with zero attached hydrogens (tertiary/aromatic N) is 2. The lowest BCUT2D eigenvalue weighted by Crippen LogP contribution is -2.51. The maximum atomic E-state index is 12.8. The normalized spacial score (nSPS) is 19.4. The highest BCUT2D eigenvalue weighted by Gasteiger charge is 2.35. The summed E-state index contributed by atoms with van der Waals surface area (Å²) < 4.78 is 0. The van der Waals surface area contributed by atoms with Crippen molar-refractivity contribution in [3.8, 4) is 0 Å². The van der Waals surface area contributed by atoms with E-state index >= 15 is 0 Å². The van der Waals surface area contributed by atoms with Crippen molar-refractivity contribution in [2.75, 3.05) is 19.6 Å². The van der Waals surface area contributed by atoms with Crippen molar-refractivity contribution in [1.29, 1.82) is 0 Å². The van der Waals surface area contributed by atoms with Crippen molar-refractivity contribution in [1.82, 2.24) is 15.1 Å². The highest BCUT2D eigenvalue weighted by atomic mass is 16.2. The van der Waals surface area contributed by atoms with E-state index in [-0.39, 0.29) is 30.3 Å². The molecule has 1 atom stereocenters. The summed E-state index contributed by atoms with van der Waals surface area (Å²) in [7, 11) is 0. The number of amides is 3. The van der Waals surface area contributed by atoms with E-state index in [9.17, 15) is 14.4 Å². The summed E-state index contributed by atoms with van der Waals surface area (Å²) in [6, 6.07) is 14.3. The number of nitrogens with one attached hydrogen (secondary N) is 1. The molecule has 138 valence electrons. The molecule has 2 aromatic rings. The molecule has 2 aliphatic heterocycles. The van der Waals surface area contributed by atoms with Gasteiger partial charge in [0.2, 0.25) is 0 Å². The molecule has 2 aromatic carbocycles. The molecule has 1 saturated heterocycles. The fourth-order valence-corrected chi connectivity index (χ4v) is 3.67. The van der Waals surface area contributed by atoms with Crippen LogP contribution in [0.5, 0.6) is 0 Å². The third kappa shape index (κ3) is 3.24. The number of carbonyl (C=O) groups excluding carboxylic acids is 3. The predicted molar refractivity (Wildman–Crippen MR) is 100 cm³/mol. The molecule has 6 heteroatoms. The molecule has 2 aliphatic rings. The number of hydrogen-bond donors (Lipinski definition) is 1. The molecular formula is C21H21N3O3. The Kier molecular flexibility index (Phi) is 4.49. The van der Waals surface area contributed by atoms with Crippen molar-refractivity contribution in [3.63, 3.8) is 0 Å². The second-order valence-corrected chi connectivity index (χ2v) is 7.05. The van der Waals surface area contributed by atoms with Crippen LogP contribution in [0.4, 0.5) is 0 Å². The van der Waals surface area contributed by atoms with Gasteiger partial charge in [-0.2, -0.15) is 0 Å². The molecule has 1 fully saturated rings. The number of fused-ring (bicyclic) bond motifs is 1. The number of piperazine rings is 1. The Bertz CT molecular complexity index is 889. The van der Waals surface area contributed by atoms with Gasteiger partial charge in [-0.25, -0.2) is 0 Å². The summed E-state index contributed by atoms with van der Waals surface area (Å²) in [6.07, 6.45) is 0. The van der Waals surface area contributed by atoms with Crippen LogP contribution in [0.25, 0.3) is 0 Å². The van der Waals surface area contributed by atoms with Gasteiger partial charge in [-0.3, -0.25) is 19.3 Å². The lowest BCUT2D eigenvalue weighted by molar-refractivity contribution is 0.0642. The van der Waals surface area contributed by atoms with Gasteiger partial charge in [-0.05, 0) is 36.8 Å². The molecule has 0 aliphatic carbocycles. The fraction of sp³-hybridized carbons (Fsp3) is 0.286. The van der Waals surface area contributed by atoms with Gasteiger partial charge < -0.3 is 10.2 Å². The lowest BCUT2D eigenvalue weighted by atomic mass is 10.1. The van der Waals surface area contributed by atoms with Gasteiger partial charge in [0.25, 0.3) is 17.7 Å². The monoisotopic (exact) mass is 363 g/mol. The standard InChI is InChI=1S/C21H21N3O3/c1-14-12-23(10-9-22-14)19(25)16-6-4-5-15(11-16)13-24-20(26)17-7-2-3-8-18(17)21(24)27/h2-8,11,14,22H,9-10,12-13H2,1H3. The number of carbonyl (C=O) groups is 3. The average Bonchev–Trinajstić information content (AvgIpc) is 2.93. The van der Waals surface area contributed by atoms with Crippen LogP contribution in [-0.2, 0) is 6.54 Å². The third-order valence-corrected chi connectivity index (χ3v) is 5.05. The molecule has 0 aromatic heterocycles. The Labute approximate surface area is 157 Å². The van der Waals surface area contributed by atoms with E-state index < -0.39 is 0 Å². The Morgan fingerprint density at radius 2 is 1.78 bits per heavy atom. The van der Waals surface area contributed by atoms with Gasteiger partial charge >= 0.3 is 0 Å². The van der Waals surface area contributed by atoms with E-state index in [4.69, 9.17) is 0 Å². The smallest absolute Gasteiger partial charge is 0.261 e. The molecule has 0 saturated carbocycles. The summed E-state index contributed by atoms with van der Waals surface area (Å²) in [5.41, 5.74) is 2.21. The quantitative estimate of drug-likeness (QED) is 0.846. The van der Waals surface area contributed by atoms with Crippen LogP contribution in [0.15, 0.2) is 48.5 Å². The topological polar surface area (TPSA) is 69.7 Å². The zero-order chi connectivity index (χ0) is 19.0. The highest BCUT2D eigenvalue weighted by Crippen LogP contribution is 2.24. The first-order valence-corrected chi connectivity index (χ1v) is 9.11. The fourth-order valence-electron chi connectivity index (χ4n) is 3.67. The summed E-state index contributed by atoms with van der Waals surface area (Å²) >= 11 is 0. The third-order valence-electron chi connectivity index (χ3n) is 5.05. The van der Waals surface area contributed by atoms with Gasteiger partial charge in [0.1, 0.15) is 0 Å². The zero-order valence-corrected chi connectivity index (χ0v) is 15.1. The van der Waals surface area contributed by atoms with Gasteiger partial charge in [-0.1, -0.05) is 24.3 Å². The first-order valence-electron chi connectivity index (χ1n) is 9.11. The first-order chi connectivity index (χ1) is 13.0. The summed E-state index contributed by atoms with van der Waals surface area (Å²) in [4.78, 5) is 40.9. The SMILES string of the molecule is CC1CN(C(=O)c2cccc(CN3C(=O)c4ccccc4C3=O)c2)CCN1. The Hall–Kier alpha value is -2.99. The summed E-state index contributed by atoms with van der Waals surface area (Å²) in [6.45, 7) is 4.33. The van der Waals surface area contributed by atoms with E-state index in [0.29, 0.717) is 29.8 Å². The molecule has 2 heterocycles. The maximum absolute atomic E-state index is 12.8. The van der Waals surface area contributed by atoms with Crippen LogP contribution in [0.3, 0.4) is 0 Å². The van der Waals surface area contributed by atoms with Crippen LogP contribution in [0.2, 0.25) is 0 Å². The molecule has 6 nitrogen and oxygen atoms in total. The van der Waals surface area contributed by atoms with E-state index in [0.717, 1.165) is 12.1 Å². The molecule has 0 bridgehead atoms. The van der Waals surface area contributed by atoms with Crippen molar-refractivity contribution < 1.29 is 14.4 Å². The molecule has 27 heavy (non-hydrogen) atoms. The minimum Gasteiger partial charge on any atom is -0.336 e. The van der Waals surface area contributed by atoms with Crippen LogP contribution in [0.1, 0.15) is 43.6 Å². The Morgan fingerprint density at radius 3 is 2.44 bits per heavy atom. The van der Waals surface area contributed by atoms with E-state index in [1.165, 1.54) is 4.90 Å². The predicted octanol–water partition coefficient (Wildman–Crippen LogP) is 1.92. The minimum atomic E-state index is -0.289. The second kappa shape index (κ2) is 6.96.